The summed E-state index contributed by atoms with van der Waals surface area (Å²) in [7, 11) is 0. The van der Waals surface area contributed by atoms with E-state index in [0.29, 0.717) is 6.04 Å². The largest absolute Gasteiger partial charge is 0.289 e. The molecule has 0 amide bonds. The summed E-state index contributed by atoms with van der Waals surface area (Å²) < 4.78 is 0. The first-order chi connectivity index (χ1) is 10.2. The van der Waals surface area contributed by atoms with E-state index in [4.69, 9.17) is 0 Å². The van der Waals surface area contributed by atoms with Crippen LogP contribution in [-0.4, -0.2) is 12.3 Å². The van der Waals surface area contributed by atoms with Gasteiger partial charge >= 0.3 is 0 Å². The summed E-state index contributed by atoms with van der Waals surface area (Å²) in [4.78, 5) is 4.57. The van der Waals surface area contributed by atoms with Crippen LogP contribution < -0.4 is 0 Å². The highest BCUT2D eigenvalue weighted by Gasteiger charge is 2.00. The van der Waals surface area contributed by atoms with Crippen LogP contribution in [0.3, 0.4) is 0 Å². The molecule has 0 aromatic rings. The van der Waals surface area contributed by atoms with E-state index in [2.05, 4.69) is 32.0 Å². The maximum atomic E-state index is 4.57. The molecule has 0 aliphatic rings. The van der Waals surface area contributed by atoms with E-state index in [-0.39, 0.29) is 0 Å². The molecule has 1 unspecified atom stereocenters. The van der Waals surface area contributed by atoms with Crippen molar-refractivity contribution in [2.24, 2.45) is 4.99 Å². The summed E-state index contributed by atoms with van der Waals surface area (Å²) in [5.74, 6) is 0. The van der Waals surface area contributed by atoms with Crippen molar-refractivity contribution in [2.75, 3.05) is 0 Å². The quantitative estimate of drug-likeness (QED) is 0.342. The molecular formula is C20H41N. The molecule has 0 aliphatic heterocycles. The lowest BCUT2D eigenvalue weighted by Gasteiger charge is -2.07. The van der Waals surface area contributed by atoms with Gasteiger partial charge in [0.15, 0.2) is 0 Å². The highest BCUT2D eigenvalue weighted by Crippen LogP contribution is 2.08. The van der Waals surface area contributed by atoms with E-state index >= 15 is 0 Å². The predicted octanol–water partition coefficient (Wildman–Crippen LogP) is 7.40. The number of nitrogens with zero attached hydrogens (tertiary/aromatic N) is 1. The maximum Gasteiger partial charge on any atom is 0.0497 e. The van der Waals surface area contributed by atoms with Gasteiger partial charge in [-0.2, -0.15) is 0 Å². The Morgan fingerprint density at radius 1 is 0.952 bits per heavy atom. The summed E-state index contributed by atoms with van der Waals surface area (Å²) >= 11 is 0. The van der Waals surface area contributed by atoms with Crippen molar-refractivity contribution in [2.45, 2.75) is 87.6 Å². The number of hydrogen-bond acceptors (Lipinski definition) is 1. The number of allylic oxidation sites excluding steroid dienone is 4. The zero-order valence-corrected chi connectivity index (χ0v) is 16.3. The Bertz CT molecular complexity index is 259. The van der Waals surface area contributed by atoms with Crippen LogP contribution in [0.5, 0.6) is 0 Å². The zero-order valence-electron chi connectivity index (χ0n) is 16.3. The predicted molar refractivity (Wildman–Crippen MR) is 105 cm³/mol. The fraction of sp³-hybridized carbons (Fsp3) is 0.650. The third kappa shape index (κ3) is 18.9. The molecule has 0 rings (SSSR count). The van der Waals surface area contributed by atoms with E-state index in [1.165, 1.54) is 6.42 Å². The van der Waals surface area contributed by atoms with Gasteiger partial charge in [0.2, 0.25) is 0 Å². The second-order valence-corrected chi connectivity index (χ2v) is 3.68. The van der Waals surface area contributed by atoms with Gasteiger partial charge in [0.1, 0.15) is 0 Å². The van der Waals surface area contributed by atoms with Crippen LogP contribution in [0.15, 0.2) is 41.4 Å². The Kier molecular flexibility index (Phi) is 36.5. The van der Waals surface area contributed by atoms with Crippen LogP contribution in [0.2, 0.25) is 0 Å². The van der Waals surface area contributed by atoms with Crippen LogP contribution in [0.25, 0.3) is 0 Å². The minimum Gasteiger partial charge on any atom is -0.289 e. The molecule has 0 aliphatic carbocycles. The normalized spacial score (nSPS) is 11.5. The van der Waals surface area contributed by atoms with E-state index < -0.39 is 0 Å². The topological polar surface area (TPSA) is 12.4 Å². The number of hydrogen-bond donors (Lipinski definition) is 0. The van der Waals surface area contributed by atoms with Crippen molar-refractivity contribution in [3.05, 3.63) is 36.5 Å². The lowest BCUT2D eigenvalue weighted by molar-refractivity contribution is 0.591. The Morgan fingerprint density at radius 3 is 1.71 bits per heavy atom. The Hall–Kier alpha value is -1.11. The number of rotatable bonds is 7. The summed E-state index contributed by atoms with van der Waals surface area (Å²) in [6.07, 6.45) is 9.03. The second kappa shape index (κ2) is 27.3. The molecule has 21 heavy (non-hydrogen) atoms. The van der Waals surface area contributed by atoms with Crippen molar-refractivity contribution in [3.63, 3.8) is 0 Å². The molecule has 0 saturated carbocycles. The molecule has 1 heteroatoms. The van der Waals surface area contributed by atoms with Crippen molar-refractivity contribution >= 4 is 6.21 Å². The van der Waals surface area contributed by atoms with E-state index in [1.807, 2.05) is 66.8 Å². The van der Waals surface area contributed by atoms with Gasteiger partial charge in [-0.05, 0) is 30.9 Å². The first-order valence-corrected chi connectivity index (χ1v) is 8.68. The lowest BCUT2D eigenvalue weighted by Crippen LogP contribution is -2.02. The molecule has 0 saturated heterocycles. The Balaban J connectivity index is -0.000000212. The second-order valence-electron chi connectivity index (χ2n) is 3.68. The number of aliphatic imine (C=N–C) groups is 1. The Labute approximate surface area is 136 Å². The van der Waals surface area contributed by atoms with Gasteiger partial charge in [-0.3, -0.25) is 4.99 Å². The lowest BCUT2D eigenvalue weighted by atomic mass is 10.1. The third-order valence-electron chi connectivity index (χ3n) is 2.50. The molecule has 0 heterocycles. The average molecular weight is 296 g/mol. The molecule has 0 N–H and O–H groups in total. The van der Waals surface area contributed by atoms with Gasteiger partial charge in [-0.1, -0.05) is 87.1 Å². The van der Waals surface area contributed by atoms with Crippen molar-refractivity contribution in [1.29, 1.82) is 0 Å². The fourth-order valence-electron chi connectivity index (χ4n) is 1.34. The molecule has 0 aromatic heterocycles. The van der Waals surface area contributed by atoms with Gasteiger partial charge < -0.3 is 0 Å². The van der Waals surface area contributed by atoms with E-state index in [1.54, 1.807) is 0 Å². The molecule has 0 bridgehead atoms. The molecule has 0 aromatic carbocycles. The third-order valence-corrected chi connectivity index (χ3v) is 2.50. The molecule has 1 atom stereocenters. The zero-order chi connectivity index (χ0) is 17.7. The van der Waals surface area contributed by atoms with Crippen molar-refractivity contribution in [1.82, 2.24) is 0 Å². The summed E-state index contributed by atoms with van der Waals surface area (Å²) in [5.41, 5.74) is 2.19. The van der Waals surface area contributed by atoms with Gasteiger partial charge in [0.05, 0.1) is 0 Å². The van der Waals surface area contributed by atoms with Crippen LogP contribution in [0.4, 0.5) is 0 Å². The van der Waals surface area contributed by atoms with Gasteiger partial charge in [-0.25, -0.2) is 0 Å². The summed E-state index contributed by atoms with van der Waals surface area (Å²) in [6, 6.07) is 0.447. The molecule has 0 fully saturated rings. The van der Waals surface area contributed by atoms with Gasteiger partial charge in [0.25, 0.3) is 0 Å². The minimum absolute atomic E-state index is 0.447. The first-order valence-electron chi connectivity index (χ1n) is 8.68. The molecule has 126 valence electrons. The first kappa shape index (κ1) is 28.1. The minimum atomic E-state index is 0.447. The highest BCUT2D eigenvalue weighted by molar-refractivity contribution is 5.83. The SMILES string of the molecule is C=C/C(C)=C(\C=C)C=NC(CC)CCC.CC.CC.CC. The summed E-state index contributed by atoms with van der Waals surface area (Å²) in [6.45, 7) is 25.9. The maximum absolute atomic E-state index is 4.57. The highest BCUT2D eigenvalue weighted by atomic mass is 14.8. The average Bonchev–Trinajstić information content (AvgIpc) is 2.59. The van der Waals surface area contributed by atoms with Gasteiger partial charge in [0, 0.05) is 12.3 Å². The molecule has 1 nitrogen and oxygen atoms in total. The van der Waals surface area contributed by atoms with E-state index in [9.17, 15) is 0 Å². The molecule has 0 spiro atoms. The van der Waals surface area contributed by atoms with Crippen molar-refractivity contribution in [3.8, 4) is 0 Å². The van der Waals surface area contributed by atoms with Crippen molar-refractivity contribution < 1.29 is 0 Å². The molecule has 0 radical (unpaired) electrons. The van der Waals surface area contributed by atoms with Crippen LogP contribution >= 0.6 is 0 Å². The van der Waals surface area contributed by atoms with Gasteiger partial charge in [-0.15, -0.1) is 0 Å². The molecular weight excluding hydrogens is 254 g/mol. The smallest absolute Gasteiger partial charge is 0.0497 e. The van der Waals surface area contributed by atoms with Crippen LogP contribution in [0, 0.1) is 0 Å². The standard InChI is InChI=1S/C14H23N.3C2H6/c1-6-10-14(9-4)15-11-13(8-3)12(5)7-2;3*1-2/h7-8,11,14H,2-3,6,9-10H2,1,4-5H3;3*1-2H3/b13-12+,15-11?;;;. The fourth-order valence-corrected chi connectivity index (χ4v) is 1.34. The summed E-state index contributed by atoms with van der Waals surface area (Å²) in [5, 5.41) is 0. The Morgan fingerprint density at radius 2 is 1.43 bits per heavy atom. The van der Waals surface area contributed by atoms with Crippen LogP contribution in [0.1, 0.15) is 81.6 Å². The van der Waals surface area contributed by atoms with E-state index in [0.717, 1.165) is 24.0 Å². The van der Waals surface area contributed by atoms with Crippen LogP contribution in [-0.2, 0) is 0 Å². The monoisotopic (exact) mass is 295 g/mol.